The number of Topliss-reactive ketones (excluding diaryl/α,β-unsaturated/α-hetero) is 1. The Morgan fingerprint density at radius 1 is 1.20 bits per heavy atom. The van der Waals surface area contributed by atoms with Gasteiger partial charge in [-0.05, 0) is 43.7 Å². The maximum Gasteiger partial charge on any atom is 0.231 e. The van der Waals surface area contributed by atoms with Crippen LogP contribution in [0, 0.1) is 0 Å². The van der Waals surface area contributed by atoms with Gasteiger partial charge in [-0.15, -0.1) is 0 Å². The van der Waals surface area contributed by atoms with Crippen LogP contribution in [0.25, 0.3) is 6.08 Å². The van der Waals surface area contributed by atoms with Crippen LogP contribution in [0.5, 0.6) is 11.5 Å². The summed E-state index contributed by atoms with van der Waals surface area (Å²) in [5, 5.41) is 12.9. The Bertz CT molecular complexity index is 841. The molecule has 4 nitrogen and oxygen atoms in total. The number of carbonyl (C=O) groups excluding carboxylic acids is 1. The molecule has 0 spiro atoms. The first-order valence-electron chi connectivity index (χ1n) is 8.39. The van der Waals surface area contributed by atoms with Crippen LogP contribution in [0.2, 0.25) is 5.02 Å². The molecular formula is C20H20ClNO3. The topological polar surface area (TPSA) is 53.8 Å². The average Bonchev–Trinajstić information content (AvgIpc) is 2.90. The molecule has 1 heterocycles. The zero-order valence-corrected chi connectivity index (χ0v) is 15.0. The van der Waals surface area contributed by atoms with Crippen molar-refractivity contribution in [3.05, 3.63) is 63.9 Å². The summed E-state index contributed by atoms with van der Waals surface area (Å²) in [6, 6.07) is 10.2. The highest BCUT2D eigenvalue weighted by Gasteiger charge is 2.30. The molecule has 1 N–H and O–H groups in total. The SMILES string of the molecule is CC[NH+](CC)Cc1c([O-])ccc2c1OC(=Cc1cccc(Cl)c1)C2=O. The number of ketones is 1. The number of fused-ring (bicyclic) bond motifs is 1. The second-order valence-corrected chi connectivity index (χ2v) is 6.48. The molecule has 0 amide bonds. The number of rotatable bonds is 5. The van der Waals surface area contributed by atoms with Crippen molar-refractivity contribution >= 4 is 23.5 Å². The van der Waals surface area contributed by atoms with Crippen molar-refractivity contribution in [1.82, 2.24) is 0 Å². The van der Waals surface area contributed by atoms with Gasteiger partial charge in [0.15, 0.2) is 5.76 Å². The fourth-order valence-electron chi connectivity index (χ4n) is 2.95. The third kappa shape index (κ3) is 3.55. The van der Waals surface area contributed by atoms with Crippen molar-refractivity contribution in [1.29, 1.82) is 0 Å². The van der Waals surface area contributed by atoms with Crippen LogP contribution in [-0.4, -0.2) is 18.9 Å². The van der Waals surface area contributed by atoms with E-state index in [1.54, 1.807) is 24.3 Å². The van der Waals surface area contributed by atoms with Crippen molar-refractivity contribution < 1.29 is 19.5 Å². The molecule has 0 radical (unpaired) electrons. The second-order valence-electron chi connectivity index (χ2n) is 6.05. The Balaban J connectivity index is 1.98. The Morgan fingerprint density at radius 3 is 2.64 bits per heavy atom. The first-order valence-corrected chi connectivity index (χ1v) is 8.77. The van der Waals surface area contributed by atoms with Crippen molar-refractivity contribution in [3.63, 3.8) is 0 Å². The van der Waals surface area contributed by atoms with E-state index >= 15 is 0 Å². The smallest absolute Gasteiger partial charge is 0.231 e. The van der Waals surface area contributed by atoms with E-state index in [-0.39, 0.29) is 17.3 Å². The van der Waals surface area contributed by atoms with E-state index in [1.165, 1.54) is 11.0 Å². The molecule has 0 unspecified atom stereocenters. The molecule has 5 heteroatoms. The molecule has 130 valence electrons. The van der Waals surface area contributed by atoms with Gasteiger partial charge in [0, 0.05) is 10.6 Å². The van der Waals surface area contributed by atoms with E-state index in [1.807, 2.05) is 12.1 Å². The summed E-state index contributed by atoms with van der Waals surface area (Å²) in [5.41, 5.74) is 1.80. The molecule has 1 aliphatic rings. The highest BCUT2D eigenvalue weighted by molar-refractivity contribution is 6.30. The van der Waals surface area contributed by atoms with Gasteiger partial charge in [0.2, 0.25) is 5.78 Å². The molecule has 0 atom stereocenters. The van der Waals surface area contributed by atoms with Crippen molar-refractivity contribution in [3.8, 4) is 11.5 Å². The van der Waals surface area contributed by atoms with Gasteiger partial charge in [-0.1, -0.05) is 35.5 Å². The van der Waals surface area contributed by atoms with Gasteiger partial charge in [0.25, 0.3) is 0 Å². The lowest BCUT2D eigenvalue weighted by molar-refractivity contribution is -0.910. The van der Waals surface area contributed by atoms with Crippen LogP contribution in [0.15, 0.2) is 42.2 Å². The van der Waals surface area contributed by atoms with Gasteiger partial charge in [-0.3, -0.25) is 4.79 Å². The number of hydrogen-bond acceptors (Lipinski definition) is 3. The highest BCUT2D eigenvalue weighted by Crippen LogP contribution is 2.38. The molecular weight excluding hydrogens is 338 g/mol. The lowest BCUT2D eigenvalue weighted by Crippen LogP contribution is -3.10. The summed E-state index contributed by atoms with van der Waals surface area (Å²) in [5.74, 6) is 0.338. The molecule has 1 aliphatic heterocycles. The molecule has 0 bridgehead atoms. The summed E-state index contributed by atoms with van der Waals surface area (Å²) < 4.78 is 5.82. The van der Waals surface area contributed by atoms with Crippen molar-refractivity contribution in [2.24, 2.45) is 0 Å². The number of nitrogens with one attached hydrogen (secondary N) is 1. The monoisotopic (exact) mass is 357 g/mol. The minimum atomic E-state index is -0.203. The first-order chi connectivity index (χ1) is 12.0. The third-order valence-electron chi connectivity index (χ3n) is 4.47. The minimum Gasteiger partial charge on any atom is -0.872 e. The third-order valence-corrected chi connectivity index (χ3v) is 4.71. The number of quaternary nitrogens is 1. The Kier molecular flexibility index (Phi) is 5.11. The van der Waals surface area contributed by atoms with E-state index in [0.29, 0.717) is 28.4 Å². The quantitative estimate of drug-likeness (QED) is 0.836. The zero-order chi connectivity index (χ0) is 18.0. The van der Waals surface area contributed by atoms with Gasteiger partial charge in [-0.2, -0.15) is 0 Å². The maximum absolute atomic E-state index is 12.6. The fraction of sp³-hybridized carbons (Fsp3) is 0.250. The number of ether oxygens (including phenoxy) is 1. The van der Waals surface area contributed by atoms with Crippen LogP contribution < -0.4 is 14.7 Å². The normalized spacial score (nSPS) is 14.9. The minimum absolute atomic E-state index is 0.0880. The van der Waals surface area contributed by atoms with Crippen LogP contribution in [0.4, 0.5) is 0 Å². The van der Waals surface area contributed by atoms with Gasteiger partial charge in [-0.25, -0.2) is 0 Å². The van der Waals surface area contributed by atoms with Crippen LogP contribution >= 0.6 is 11.6 Å². The average molecular weight is 358 g/mol. The van der Waals surface area contributed by atoms with E-state index in [0.717, 1.165) is 18.7 Å². The maximum atomic E-state index is 12.6. The molecule has 2 aromatic carbocycles. The van der Waals surface area contributed by atoms with Gasteiger partial charge in [0.05, 0.1) is 18.7 Å². The summed E-state index contributed by atoms with van der Waals surface area (Å²) >= 11 is 5.99. The van der Waals surface area contributed by atoms with E-state index in [9.17, 15) is 9.90 Å². The standard InChI is InChI=1S/C20H20ClNO3/c1-3-22(4-2)12-16-17(23)9-8-15-19(24)18(25-20(15)16)11-13-6-5-7-14(21)10-13/h5-11,23H,3-4,12H2,1-2H3. The largest absolute Gasteiger partial charge is 0.872 e. The van der Waals surface area contributed by atoms with Crippen molar-refractivity contribution in [2.75, 3.05) is 13.1 Å². The predicted octanol–water partition coefficient (Wildman–Crippen LogP) is 2.45. The molecule has 25 heavy (non-hydrogen) atoms. The zero-order valence-electron chi connectivity index (χ0n) is 14.3. The molecule has 2 aromatic rings. The van der Waals surface area contributed by atoms with Crippen LogP contribution in [-0.2, 0) is 6.54 Å². The van der Waals surface area contributed by atoms with E-state index in [4.69, 9.17) is 16.3 Å². The lowest BCUT2D eigenvalue weighted by atomic mass is 10.0. The molecule has 0 aliphatic carbocycles. The number of benzene rings is 2. The van der Waals surface area contributed by atoms with E-state index in [2.05, 4.69) is 13.8 Å². The highest BCUT2D eigenvalue weighted by atomic mass is 35.5. The summed E-state index contributed by atoms with van der Waals surface area (Å²) in [7, 11) is 0. The van der Waals surface area contributed by atoms with Gasteiger partial charge >= 0.3 is 0 Å². The van der Waals surface area contributed by atoms with Crippen molar-refractivity contribution in [2.45, 2.75) is 20.4 Å². The van der Waals surface area contributed by atoms with Crippen LogP contribution in [0.1, 0.15) is 35.3 Å². The Labute approximate surface area is 152 Å². The molecule has 0 saturated carbocycles. The van der Waals surface area contributed by atoms with Gasteiger partial charge < -0.3 is 14.7 Å². The number of carbonyl (C=O) groups is 1. The predicted molar refractivity (Wildman–Crippen MR) is 96.0 cm³/mol. The Morgan fingerprint density at radius 2 is 1.96 bits per heavy atom. The molecule has 0 saturated heterocycles. The molecule has 0 aromatic heterocycles. The fourth-order valence-corrected chi connectivity index (χ4v) is 3.15. The summed E-state index contributed by atoms with van der Waals surface area (Å²) in [6.45, 7) is 6.50. The Hall–Kier alpha value is -2.30. The number of allylic oxidation sites excluding steroid dienone is 1. The lowest BCUT2D eigenvalue weighted by Gasteiger charge is -2.21. The van der Waals surface area contributed by atoms with Gasteiger partial charge in [0.1, 0.15) is 12.3 Å². The number of hydrogen-bond donors (Lipinski definition) is 1. The van der Waals surface area contributed by atoms with Crippen LogP contribution in [0.3, 0.4) is 0 Å². The second kappa shape index (κ2) is 7.30. The first kappa shape index (κ1) is 17.5. The van der Waals surface area contributed by atoms with E-state index < -0.39 is 0 Å². The molecule has 3 rings (SSSR count). The summed E-state index contributed by atoms with van der Waals surface area (Å²) in [6.07, 6.45) is 1.66. The number of halogens is 1. The molecule has 0 fully saturated rings. The summed E-state index contributed by atoms with van der Waals surface area (Å²) in [4.78, 5) is 13.9.